The lowest BCUT2D eigenvalue weighted by Gasteiger charge is -2.32. The number of rotatable bonds is 6. The minimum absolute atomic E-state index is 0.329. The van der Waals surface area contributed by atoms with Crippen LogP contribution >= 0.6 is 11.6 Å². The van der Waals surface area contributed by atoms with Crippen molar-refractivity contribution in [2.24, 2.45) is 0 Å². The first-order valence-electron chi connectivity index (χ1n) is 11.4. The van der Waals surface area contributed by atoms with E-state index < -0.39 is 0 Å². The van der Waals surface area contributed by atoms with Gasteiger partial charge in [-0.05, 0) is 38.6 Å². The molecule has 1 saturated heterocycles. The maximum Gasteiger partial charge on any atom is 0.161 e. The Balaban J connectivity index is 1.55. The van der Waals surface area contributed by atoms with Gasteiger partial charge in [-0.3, -0.25) is 10.00 Å². The smallest absolute Gasteiger partial charge is 0.161 e. The lowest BCUT2D eigenvalue weighted by molar-refractivity contribution is 0.146. The molecule has 0 spiro atoms. The maximum atomic E-state index is 14.6. The summed E-state index contributed by atoms with van der Waals surface area (Å²) in [6, 6.07) is 8.73. The van der Waals surface area contributed by atoms with E-state index >= 15 is 0 Å². The van der Waals surface area contributed by atoms with Gasteiger partial charge in [0.25, 0.3) is 0 Å². The van der Waals surface area contributed by atoms with Crippen LogP contribution in [0.2, 0.25) is 5.02 Å². The third-order valence-electron chi connectivity index (χ3n) is 6.28. The highest BCUT2D eigenvalue weighted by molar-refractivity contribution is 6.30. The van der Waals surface area contributed by atoms with Crippen molar-refractivity contribution in [3.8, 4) is 0 Å². The number of hydrogen-bond acceptors (Lipinski definition) is 6. The van der Waals surface area contributed by atoms with Gasteiger partial charge in [-0.2, -0.15) is 10.2 Å². The predicted molar refractivity (Wildman–Crippen MR) is 131 cm³/mol. The van der Waals surface area contributed by atoms with E-state index in [2.05, 4.69) is 32.4 Å². The number of nitrogens with zero attached hydrogens (tertiary/aromatic N) is 6. The van der Waals surface area contributed by atoms with Gasteiger partial charge in [-0.1, -0.05) is 17.7 Å². The van der Waals surface area contributed by atoms with Crippen molar-refractivity contribution in [3.05, 3.63) is 69.4 Å². The summed E-state index contributed by atoms with van der Waals surface area (Å²) in [6.45, 7) is 8.69. The number of aromatic amines is 1. The number of hydrogen-bond donors (Lipinski definition) is 2. The Morgan fingerprint density at radius 1 is 1.09 bits per heavy atom. The molecule has 1 aliphatic rings. The zero-order valence-corrected chi connectivity index (χ0v) is 20.3. The molecule has 0 amide bonds. The average Bonchev–Trinajstić information content (AvgIpc) is 3.34. The number of nitrogens with one attached hydrogen (secondary N) is 2. The molecule has 0 atom stereocenters. The number of halogens is 2. The molecule has 4 aromatic rings. The fraction of sp³-hybridized carbons (Fsp3) is 0.375. The summed E-state index contributed by atoms with van der Waals surface area (Å²) < 4.78 is 16.5. The van der Waals surface area contributed by atoms with Crippen LogP contribution in [0.3, 0.4) is 0 Å². The molecule has 8 nitrogen and oxygen atoms in total. The molecule has 0 bridgehead atoms. The van der Waals surface area contributed by atoms with Gasteiger partial charge in [0.2, 0.25) is 0 Å². The van der Waals surface area contributed by atoms with E-state index in [1.54, 1.807) is 12.1 Å². The number of likely N-dealkylation sites (N-methyl/N-ethyl adjacent to an activating group) is 1. The van der Waals surface area contributed by atoms with E-state index in [1.807, 2.05) is 30.5 Å². The maximum absolute atomic E-state index is 14.6. The Morgan fingerprint density at radius 3 is 2.59 bits per heavy atom. The van der Waals surface area contributed by atoms with Gasteiger partial charge < -0.3 is 10.2 Å². The first-order valence-corrected chi connectivity index (χ1v) is 11.8. The molecule has 1 fully saturated rings. The molecule has 1 aliphatic heterocycles. The van der Waals surface area contributed by atoms with Gasteiger partial charge in [0.15, 0.2) is 11.5 Å². The largest absolute Gasteiger partial charge is 0.323 e. The SMILES string of the molecule is Cc1cc(Nc2cc(CN3CCN(C)CC3)n3nc(C)c(Cc4ccc(Cl)cc4F)c3n2)n[nH]1. The molecular formula is C24H28ClFN8. The van der Waals surface area contributed by atoms with Crippen molar-refractivity contribution < 1.29 is 4.39 Å². The molecular weight excluding hydrogens is 455 g/mol. The zero-order valence-electron chi connectivity index (χ0n) is 19.6. The molecule has 5 rings (SSSR count). The molecule has 178 valence electrons. The first kappa shape index (κ1) is 22.8. The fourth-order valence-electron chi connectivity index (χ4n) is 4.32. The molecule has 4 heterocycles. The van der Waals surface area contributed by atoms with Gasteiger partial charge in [-0.25, -0.2) is 13.9 Å². The Kier molecular flexibility index (Phi) is 6.24. The second-order valence-electron chi connectivity index (χ2n) is 8.99. The zero-order chi connectivity index (χ0) is 23.8. The third kappa shape index (κ3) is 4.77. The van der Waals surface area contributed by atoms with Crippen molar-refractivity contribution in [1.82, 2.24) is 34.6 Å². The summed E-state index contributed by atoms with van der Waals surface area (Å²) in [4.78, 5) is 9.63. The summed E-state index contributed by atoms with van der Waals surface area (Å²) in [5.41, 5.74) is 4.98. The van der Waals surface area contributed by atoms with Crippen LogP contribution in [0.15, 0.2) is 30.3 Å². The Bertz CT molecular complexity index is 1320. The summed E-state index contributed by atoms with van der Waals surface area (Å²) >= 11 is 5.95. The van der Waals surface area contributed by atoms with Crippen molar-refractivity contribution >= 4 is 28.9 Å². The van der Waals surface area contributed by atoms with Crippen molar-refractivity contribution in [1.29, 1.82) is 0 Å². The van der Waals surface area contributed by atoms with Crippen molar-refractivity contribution in [3.63, 3.8) is 0 Å². The Morgan fingerprint density at radius 2 is 1.88 bits per heavy atom. The van der Waals surface area contributed by atoms with Gasteiger partial charge in [0, 0.05) is 67.6 Å². The second kappa shape index (κ2) is 9.32. The summed E-state index contributed by atoms with van der Waals surface area (Å²) in [5, 5.41) is 15.7. The van der Waals surface area contributed by atoms with Gasteiger partial charge >= 0.3 is 0 Å². The summed E-state index contributed by atoms with van der Waals surface area (Å²) in [7, 11) is 2.15. The van der Waals surface area contributed by atoms with Gasteiger partial charge in [-0.15, -0.1) is 0 Å². The van der Waals surface area contributed by atoms with Crippen LogP contribution in [0.4, 0.5) is 16.0 Å². The normalized spacial score (nSPS) is 15.3. The highest BCUT2D eigenvalue weighted by Gasteiger charge is 2.20. The number of fused-ring (bicyclic) bond motifs is 1. The number of aryl methyl sites for hydroxylation is 2. The molecule has 0 saturated carbocycles. The molecule has 3 aromatic heterocycles. The minimum atomic E-state index is -0.329. The summed E-state index contributed by atoms with van der Waals surface area (Å²) in [6.07, 6.45) is 0.379. The van der Waals surface area contributed by atoms with E-state index in [1.165, 1.54) is 6.07 Å². The van der Waals surface area contributed by atoms with Crippen LogP contribution in [-0.2, 0) is 13.0 Å². The van der Waals surface area contributed by atoms with Crippen LogP contribution in [0.5, 0.6) is 0 Å². The van der Waals surface area contributed by atoms with Crippen LogP contribution in [0, 0.1) is 19.7 Å². The minimum Gasteiger partial charge on any atom is -0.323 e. The van der Waals surface area contributed by atoms with E-state index in [-0.39, 0.29) is 5.82 Å². The molecule has 0 radical (unpaired) electrons. The quantitative estimate of drug-likeness (QED) is 0.433. The monoisotopic (exact) mass is 482 g/mol. The molecule has 0 aliphatic carbocycles. The van der Waals surface area contributed by atoms with E-state index in [0.717, 1.165) is 55.4 Å². The number of benzene rings is 1. The molecule has 0 unspecified atom stereocenters. The second-order valence-corrected chi connectivity index (χ2v) is 9.42. The third-order valence-corrected chi connectivity index (χ3v) is 6.52. The van der Waals surface area contributed by atoms with Crippen molar-refractivity contribution in [2.75, 3.05) is 38.5 Å². The van der Waals surface area contributed by atoms with Gasteiger partial charge in [0.1, 0.15) is 11.6 Å². The van der Waals surface area contributed by atoms with Crippen molar-refractivity contribution in [2.45, 2.75) is 26.8 Å². The average molecular weight is 483 g/mol. The lowest BCUT2D eigenvalue weighted by atomic mass is 10.0. The van der Waals surface area contributed by atoms with Crippen LogP contribution in [-0.4, -0.2) is 67.8 Å². The van der Waals surface area contributed by atoms with Crippen LogP contribution in [0.25, 0.3) is 5.65 Å². The number of H-pyrrole nitrogens is 1. The standard InChI is InChI=1S/C24H28ClFN8/c1-15-10-23(30-29-15)27-22-13-19(14-33-8-6-32(3)7-9-33)34-24(28-22)20(16(2)31-34)11-17-4-5-18(25)12-21(17)26/h4-5,10,12-13H,6-9,11,14H2,1-3H3,(H2,27,28,29,30). The molecule has 1 aromatic carbocycles. The van der Waals surface area contributed by atoms with Gasteiger partial charge in [0.05, 0.1) is 11.4 Å². The number of anilines is 2. The Hall–Kier alpha value is -3.01. The van der Waals surface area contributed by atoms with Crippen LogP contribution in [0.1, 0.15) is 28.2 Å². The fourth-order valence-corrected chi connectivity index (χ4v) is 4.47. The highest BCUT2D eigenvalue weighted by atomic mass is 35.5. The molecule has 10 heteroatoms. The Labute approximate surface area is 202 Å². The predicted octanol–water partition coefficient (Wildman–Crippen LogP) is 3.94. The number of piperazine rings is 1. The van der Waals surface area contributed by atoms with E-state index in [4.69, 9.17) is 21.7 Å². The molecule has 34 heavy (non-hydrogen) atoms. The highest BCUT2D eigenvalue weighted by Crippen LogP contribution is 2.26. The topological polar surface area (TPSA) is 77.4 Å². The molecule has 2 N–H and O–H groups in total. The van der Waals surface area contributed by atoms with E-state index in [0.29, 0.717) is 34.3 Å². The first-order chi connectivity index (χ1) is 16.4. The lowest BCUT2D eigenvalue weighted by Crippen LogP contribution is -2.44. The van der Waals surface area contributed by atoms with E-state index in [9.17, 15) is 4.39 Å². The summed E-state index contributed by atoms with van der Waals surface area (Å²) in [5.74, 6) is 1.05. The number of aromatic nitrogens is 5. The van der Waals surface area contributed by atoms with Crippen LogP contribution < -0.4 is 5.32 Å².